The van der Waals surface area contributed by atoms with E-state index in [4.69, 9.17) is 4.74 Å². The molecule has 0 saturated carbocycles. The zero-order valence-electron chi connectivity index (χ0n) is 12.4. The van der Waals surface area contributed by atoms with Gasteiger partial charge in [-0.1, -0.05) is 13.8 Å². The second-order valence-electron chi connectivity index (χ2n) is 5.62. The molecule has 0 spiro atoms. The van der Waals surface area contributed by atoms with Crippen molar-refractivity contribution in [3.8, 4) is 0 Å². The predicted molar refractivity (Wildman–Crippen MR) is 71.2 cm³/mol. The minimum atomic E-state index is -0.419. The molecule has 1 aliphatic rings. The third kappa shape index (κ3) is 5.39. The molecule has 4 heteroatoms. The van der Waals surface area contributed by atoms with Crippen LogP contribution in [0.5, 0.6) is 0 Å². The fourth-order valence-corrected chi connectivity index (χ4v) is 1.64. The Morgan fingerprint density at radius 2 is 1.82 bits per heavy atom. The second-order valence-corrected chi connectivity index (χ2v) is 5.62. The average molecular weight is 244 g/mol. The normalized spacial score (nSPS) is 19.1. The molecule has 4 nitrogen and oxygen atoms in total. The van der Waals surface area contributed by atoms with E-state index in [0.717, 1.165) is 13.1 Å². The van der Waals surface area contributed by atoms with Gasteiger partial charge < -0.3 is 15.0 Å². The van der Waals surface area contributed by atoms with Crippen molar-refractivity contribution < 1.29 is 9.53 Å². The summed E-state index contributed by atoms with van der Waals surface area (Å²) in [4.78, 5) is 13.7. The minimum Gasteiger partial charge on any atom is -0.444 e. The number of ether oxygens (including phenoxy) is 1. The van der Waals surface area contributed by atoms with Crippen LogP contribution in [-0.4, -0.2) is 41.8 Å². The molecule has 1 rings (SSSR count). The predicted octanol–water partition coefficient (Wildman–Crippen LogP) is 2.63. The highest BCUT2D eigenvalue weighted by Gasteiger charge is 2.35. The van der Waals surface area contributed by atoms with Crippen molar-refractivity contribution >= 4 is 6.09 Å². The number of rotatable bonds is 0. The molecule has 1 N–H and O–H groups in total. The van der Waals surface area contributed by atoms with Crippen molar-refractivity contribution in [1.82, 2.24) is 10.2 Å². The molecule has 17 heavy (non-hydrogen) atoms. The Kier molecular flexibility index (Phi) is 5.96. The Morgan fingerprint density at radius 1 is 1.29 bits per heavy atom. The van der Waals surface area contributed by atoms with Crippen LogP contribution in [0.25, 0.3) is 0 Å². The van der Waals surface area contributed by atoms with Crippen LogP contribution in [0.2, 0.25) is 0 Å². The number of hydrogen-bond acceptors (Lipinski definition) is 3. The van der Waals surface area contributed by atoms with Crippen LogP contribution in [0.1, 0.15) is 48.5 Å². The van der Waals surface area contributed by atoms with Crippen molar-refractivity contribution in [2.75, 3.05) is 19.6 Å². The molecule has 0 aromatic rings. The first-order valence-electron chi connectivity index (χ1n) is 6.44. The third-order valence-corrected chi connectivity index (χ3v) is 2.41. The van der Waals surface area contributed by atoms with Gasteiger partial charge in [0.25, 0.3) is 0 Å². The van der Waals surface area contributed by atoms with E-state index in [2.05, 4.69) is 5.32 Å². The summed E-state index contributed by atoms with van der Waals surface area (Å²) in [6.07, 6.45) is -0.214. The Morgan fingerprint density at radius 3 is 2.24 bits per heavy atom. The zero-order valence-corrected chi connectivity index (χ0v) is 12.4. The number of nitrogens with zero attached hydrogens (tertiary/aromatic N) is 1. The van der Waals surface area contributed by atoms with Crippen molar-refractivity contribution in [1.29, 1.82) is 0 Å². The van der Waals surface area contributed by atoms with Crippen LogP contribution >= 0.6 is 0 Å². The van der Waals surface area contributed by atoms with Gasteiger partial charge in [0.2, 0.25) is 0 Å². The molecular weight excluding hydrogens is 216 g/mol. The lowest BCUT2D eigenvalue weighted by Gasteiger charge is -2.42. The van der Waals surface area contributed by atoms with Gasteiger partial charge >= 0.3 is 6.09 Å². The Labute approximate surface area is 106 Å². The van der Waals surface area contributed by atoms with Crippen molar-refractivity contribution in [3.63, 3.8) is 0 Å². The Hall–Kier alpha value is -0.770. The smallest absolute Gasteiger partial charge is 0.410 e. The summed E-state index contributed by atoms with van der Waals surface area (Å²) in [5.41, 5.74) is -0.585. The highest BCUT2D eigenvalue weighted by molar-refractivity contribution is 5.69. The van der Waals surface area contributed by atoms with Crippen LogP contribution in [0, 0.1) is 0 Å². The van der Waals surface area contributed by atoms with Crippen molar-refractivity contribution in [3.05, 3.63) is 0 Å². The molecule has 1 heterocycles. The number of amides is 1. The average Bonchev–Trinajstić information content (AvgIpc) is 2.17. The zero-order chi connectivity index (χ0) is 13.7. The minimum absolute atomic E-state index is 0.166. The molecule has 0 bridgehead atoms. The first-order valence-corrected chi connectivity index (χ1v) is 6.44. The lowest BCUT2D eigenvalue weighted by atomic mass is 10.0. The van der Waals surface area contributed by atoms with E-state index in [1.165, 1.54) is 0 Å². The lowest BCUT2D eigenvalue weighted by Crippen LogP contribution is -2.60. The number of hydrogen-bond donors (Lipinski definition) is 1. The number of piperazine rings is 1. The first-order chi connectivity index (χ1) is 7.72. The molecule has 1 fully saturated rings. The van der Waals surface area contributed by atoms with E-state index < -0.39 is 5.60 Å². The first kappa shape index (κ1) is 16.2. The summed E-state index contributed by atoms with van der Waals surface area (Å²) < 4.78 is 5.37. The summed E-state index contributed by atoms with van der Waals surface area (Å²) >= 11 is 0. The molecule has 0 atom stereocenters. The van der Waals surface area contributed by atoms with Gasteiger partial charge in [-0.25, -0.2) is 4.79 Å². The van der Waals surface area contributed by atoms with Gasteiger partial charge in [-0.2, -0.15) is 0 Å². The molecule has 1 aliphatic heterocycles. The lowest BCUT2D eigenvalue weighted by molar-refractivity contribution is -0.00268. The maximum absolute atomic E-state index is 11.9. The van der Waals surface area contributed by atoms with Gasteiger partial charge in [0.1, 0.15) is 5.60 Å². The molecule has 0 aromatic heterocycles. The molecule has 0 aromatic carbocycles. The van der Waals surface area contributed by atoms with E-state index in [-0.39, 0.29) is 11.6 Å². The van der Waals surface area contributed by atoms with Gasteiger partial charge in [0.05, 0.1) is 5.54 Å². The van der Waals surface area contributed by atoms with Crippen LogP contribution in [-0.2, 0) is 4.74 Å². The van der Waals surface area contributed by atoms with Gasteiger partial charge in [-0.05, 0) is 34.6 Å². The summed E-state index contributed by atoms with van der Waals surface area (Å²) in [6, 6.07) is 0. The quantitative estimate of drug-likeness (QED) is 0.712. The molecule has 0 unspecified atom stereocenters. The standard InChI is InChI=1S/C11H22N2O2.C2H6/c1-10(2,3)15-9(14)13-7-6-12-8-11(13,4)5;1-2/h12H,6-8H2,1-5H3;1-2H3. The monoisotopic (exact) mass is 244 g/mol. The highest BCUT2D eigenvalue weighted by atomic mass is 16.6. The van der Waals surface area contributed by atoms with Crippen molar-refractivity contribution in [2.45, 2.75) is 59.6 Å². The Bertz CT molecular complexity index is 244. The third-order valence-electron chi connectivity index (χ3n) is 2.41. The summed E-state index contributed by atoms with van der Waals surface area (Å²) in [5, 5.41) is 3.27. The molecule has 1 amide bonds. The van der Waals surface area contributed by atoms with Crippen LogP contribution < -0.4 is 5.32 Å². The van der Waals surface area contributed by atoms with E-state index in [0.29, 0.717) is 6.54 Å². The Balaban J connectivity index is 0.00000121. The second kappa shape index (κ2) is 6.24. The largest absolute Gasteiger partial charge is 0.444 e. The topological polar surface area (TPSA) is 41.6 Å². The molecule has 0 radical (unpaired) electrons. The SMILES string of the molecule is CC.CC(C)(C)OC(=O)N1CCNCC1(C)C. The fraction of sp³-hybridized carbons (Fsp3) is 0.923. The number of carbonyl (C=O) groups is 1. The van der Waals surface area contributed by atoms with Gasteiger partial charge in [0, 0.05) is 19.6 Å². The van der Waals surface area contributed by atoms with Crippen LogP contribution in [0.3, 0.4) is 0 Å². The van der Waals surface area contributed by atoms with E-state index in [1.54, 1.807) is 4.90 Å². The van der Waals surface area contributed by atoms with E-state index >= 15 is 0 Å². The van der Waals surface area contributed by atoms with E-state index in [9.17, 15) is 4.79 Å². The molecule has 102 valence electrons. The van der Waals surface area contributed by atoms with Crippen LogP contribution in [0.4, 0.5) is 4.79 Å². The molecular formula is C13H28N2O2. The highest BCUT2D eigenvalue weighted by Crippen LogP contribution is 2.19. The molecule has 0 aliphatic carbocycles. The van der Waals surface area contributed by atoms with Gasteiger partial charge in [-0.3, -0.25) is 0 Å². The van der Waals surface area contributed by atoms with Crippen molar-refractivity contribution in [2.24, 2.45) is 0 Å². The van der Waals surface area contributed by atoms with E-state index in [1.807, 2.05) is 48.5 Å². The fourth-order valence-electron chi connectivity index (χ4n) is 1.64. The maximum atomic E-state index is 11.9. The summed E-state index contributed by atoms with van der Waals surface area (Å²) in [6.45, 7) is 16.1. The number of nitrogens with one attached hydrogen (secondary N) is 1. The summed E-state index contributed by atoms with van der Waals surface area (Å²) in [5.74, 6) is 0. The molecule has 1 saturated heterocycles. The maximum Gasteiger partial charge on any atom is 0.410 e. The number of carbonyl (C=O) groups excluding carboxylic acids is 1. The van der Waals surface area contributed by atoms with Crippen LogP contribution in [0.15, 0.2) is 0 Å². The summed E-state index contributed by atoms with van der Waals surface area (Å²) in [7, 11) is 0. The van der Waals surface area contributed by atoms with Gasteiger partial charge in [0.15, 0.2) is 0 Å². The van der Waals surface area contributed by atoms with Gasteiger partial charge in [-0.15, -0.1) is 0 Å².